The molecule has 1 aliphatic rings. The van der Waals surface area contributed by atoms with Crippen LogP contribution in [0.25, 0.3) is 0 Å². The highest BCUT2D eigenvalue weighted by atomic mass is 35.5. The number of halogens is 1. The lowest BCUT2D eigenvalue weighted by Crippen LogP contribution is -2.20. The molecule has 0 fully saturated rings. The average molecular weight is 259 g/mol. The molecule has 0 saturated heterocycles. The van der Waals surface area contributed by atoms with E-state index < -0.39 is 0 Å². The van der Waals surface area contributed by atoms with E-state index in [1.165, 1.54) is 11.9 Å². The van der Waals surface area contributed by atoms with E-state index >= 15 is 0 Å². The number of benzene rings is 1. The van der Waals surface area contributed by atoms with Crippen LogP contribution in [0.15, 0.2) is 36.7 Å². The molecule has 2 unspecified atom stereocenters. The highest BCUT2D eigenvalue weighted by Crippen LogP contribution is 2.40. The third-order valence-corrected chi connectivity index (χ3v) is 3.56. The second kappa shape index (κ2) is 4.58. The Hall–Kier alpha value is -1.61. The summed E-state index contributed by atoms with van der Waals surface area (Å²) in [7, 11) is 0. The second-order valence-corrected chi connectivity index (χ2v) is 4.79. The molecule has 1 aliphatic heterocycles. The van der Waals surface area contributed by atoms with E-state index in [9.17, 15) is 0 Å². The van der Waals surface area contributed by atoms with Crippen molar-refractivity contribution in [2.75, 3.05) is 0 Å². The predicted molar refractivity (Wildman–Crippen MR) is 71.2 cm³/mol. The van der Waals surface area contributed by atoms with Gasteiger partial charge in [-0.25, -0.2) is 9.97 Å². The molecule has 0 amide bonds. The molecule has 1 aromatic carbocycles. The van der Waals surface area contributed by atoms with Crippen LogP contribution < -0.4 is 5.32 Å². The van der Waals surface area contributed by atoms with E-state index in [1.807, 2.05) is 18.2 Å². The minimum absolute atomic E-state index is 0.201. The van der Waals surface area contributed by atoms with Crippen molar-refractivity contribution in [1.29, 1.82) is 0 Å². The van der Waals surface area contributed by atoms with Gasteiger partial charge < -0.3 is 0 Å². The van der Waals surface area contributed by atoms with E-state index in [4.69, 9.17) is 16.9 Å². The van der Waals surface area contributed by atoms with Crippen LogP contribution in [0.4, 0.5) is 5.69 Å². The first-order valence-corrected chi connectivity index (χ1v) is 6.44. The van der Waals surface area contributed by atoms with Crippen molar-refractivity contribution in [2.45, 2.75) is 25.3 Å². The molecule has 0 aliphatic carbocycles. The van der Waals surface area contributed by atoms with Crippen molar-refractivity contribution < 1.29 is 0 Å². The van der Waals surface area contributed by atoms with Gasteiger partial charge in [-0.1, -0.05) is 36.7 Å². The molecule has 3 nitrogen and oxygen atoms in total. The predicted octanol–water partition coefficient (Wildman–Crippen LogP) is 3.29. The van der Waals surface area contributed by atoms with E-state index in [0.29, 0.717) is 5.15 Å². The normalized spacial score (nSPS) is 21.4. The van der Waals surface area contributed by atoms with Gasteiger partial charge in [-0.3, -0.25) is 5.32 Å². The summed E-state index contributed by atoms with van der Waals surface area (Å²) >= 11 is 5.96. The Labute approximate surface area is 111 Å². The summed E-state index contributed by atoms with van der Waals surface area (Å²) in [5, 5.41) is 5.24. The van der Waals surface area contributed by atoms with Crippen LogP contribution in [-0.2, 0) is 0 Å². The Kier molecular flexibility index (Phi) is 2.92. The minimum Gasteiger partial charge on any atom is -0.281 e. The van der Waals surface area contributed by atoms with Gasteiger partial charge in [0.25, 0.3) is 0 Å². The first-order valence-electron chi connectivity index (χ1n) is 6.07. The van der Waals surface area contributed by atoms with Gasteiger partial charge in [-0.15, -0.1) is 0 Å². The third-order valence-electron chi connectivity index (χ3n) is 3.35. The van der Waals surface area contributed by atoms with Crippen LogP contribution in [-0.4, -0.2) is 16.0 Å². The summed E-state index contributed by atoms with van der Waals surface area (Å²) in [6.45, 7) is 2.15. The molecule has 1 radical (unpaired) electrons. The second-order valence-electron chi connectivity index (χ2n) is 4.41. The molecule has 1 aromatic heterocycles. The first-order chi connectivity index (χ1) is 8.79. The van der Waals surface area contributed by atoms with Gasteiger partial charge >= 0.3 is 0 Å². The maximum atomic E-state index is 5.96. The largest absolute Gasteiger partial charge is 0.281 e. The molecule has 4 heteroatoms. The van der Waals surface area contributed by atoms with Crippen LogP contribution in [0.1, 0.15) is 30.5 Å². The third kappa shape index (κ3) is 1.85. The van der Waals surface area contributed by atoms with E-state index in [2.05, 4.69) is 29.0 Å². The summed E-state index contributed by atoms with van der Waals surface area (Å²) in [5.74, 6) is 0.201. The fraction of sp³-hybridized carbons (Fsp3) is 0.286. The number of nitrogens with zero attached hydrogens (tertiary/aromatic N) is 3. The molecule has 0 saturated carbocycles. The molecule has 0 N–H and O–H groups in total. The van der Waals surface area contributed by atoms with Crippen LogP contribution in [0.5, 0.6) is 0 Å². The van der Waals surface area contributed by atoms with Crippen LogP contribution in [0, 0.1) is 0 Å². The zero-order chi connectivity index (χ0) is 12.5. The van der Waals surface area contributed by atoms with Gasteiger partial charge in [-0.2, -0.15) is 0 Å². The van der Waals surface area contributed by atoms with Gasteiger partial charge in [0.1, 0.15) is 11.5 Å². The van der Waals surface area contributed by atoms with Crippen molar-refractivity contribution in [1.82, 2.24) is 15.3 Å². The molecule has 0 bridgehead atoms. The minimum atomic E-state index is 0.201. The summed E-state index contributed by atoms with van der Waals surface area (Å²) in [4.78, 5) is 8.30. The van der Waals surface area contributed by atoms with Gasteiger partial charge in [-0.05, 0) is 24.1 Å². The van der Waals surface area contributed by atoms with Crippen molar-refractivity contribution in [2.24, 2.45) is 0 Å². The molecule has 3 rings (SSSR count). The summed E-state index contributed by atoms with van der Waals surface area (Å²) in [6.07, 6.45) is 2.51. The Morgan fingerprint density at radius 1 is 1.22 bits per heavy atom. The van der Waals surface area contributed by atoms with Gasteiger partial charge in [0.05, 0.1) is 23.3 Å². The Bertz CT molecular complexity index is 570. The molecular formula is C14H13ClN3. The molecule has 2 atom stereocenters. The number of rotatable bonds is 2. The maximum absolute atomic E-state index is 5.96. The van der Waals surface area contributed by atoms with E-state index in [0.717, 1.165) is 17.8 Å². The smallest absolute Gasteiger partial charge is 0.132 e. The lowest BCUT2D eigenvalue weighted by molar-refractivity contribution is 0.539. The zero-order valence-electron chi connectivity index (χ0n) is 10.0. The van der Waals surface area contributed by atoms with Crippen molar-refractivity contribution >= 4 is 17.3 Å². The lowest BCUT2D eigenvalue weighted by atomic mass is 9.90. The van der Waals surface area contributed by atoms with Crippen LogP contribution in [0.3, 0.4) is 0 Å². The van der Waals surface area contributed by atoms with Crippen molar-refractivity contribution in [3.05, 3.63) is 53.1 Å². The number of aromatic nitrogens is 2. The lowest BCUT2D eigenvalue weighted by Gasteiger charge is -2.16. The fourth-order valence-electron chi connectivity index (χ4n) is 2.53. The SMILES string of the molecule is CCC1[N]c2ccccc2C1c1cc(Cl)ncn1. The van der Waals surface area contributed by atoms with Gasteiger partial charge in [0, 0.05) is 0 Å². The highest BCUT2D eigenvalue weighted by molar-refractivity contribution is 6.29. The summed E-state index contributed by atoms with van der Waals surface area (Å²) < 4.78 is 0. The zero-order valence-corrected chi connectivity index (χ0v) is 10.8. The summed E-state index contributed by atoms with van der Waals surface area (Å²) in [5.41, 5.74) is 3.26. The molecule has 91 valence electrons. The van der Waals surface area contributed by atoms with Crippen molar-refractivity contribution in [3.63, 3.8) is 0 Å². The molecule has 2 heterocycles. The van der Waals surface area contributed by atoms with E-state index in [1.54, 1.807) is 0 Å². The fourth-order valence-corrected chi connectivity index (χ4v) is 2.68. The molecule has 18 heavy (non-hydrogen) atoms. The quantitative estimate of drug-likeness (QED) is 0.776. The van der Waals surface area contributed by atoms with Crippen molar-refractivity contribution in [3.8, 4) is 0 Å². The first kappa shape index (κ1) is 11.5. The summed E-state index contributed by atoms with van der Waals surface area (Å²) in [6, 6.07) is 10.3. The van der Waals surface area contributed by atoms with E-state index in [-0.39, 0.29) is 12.0 Å². The highest BCUT2D eigenvalue weighted by Gasteiger charge is 2.34. The number of hydrogen-bond donors (Lipinski definition) is 0. The number of fused-ring (bicyclic) bond motifs is 1. The van der Waals surface area contributed by atoms with Gasteiger partial charge in [0.15, 0.2) is 0 Å². The van der Waals surface area contributed by atoms with Crippen LogP contribution >= 0.6 is 11.6 Å². The molecular weight excluding hydrogens is 246 g/mol. The Morgan fingerprint density at radius 2 is 2.06 bits per heavy atom. The van der Waals surface area contributed by atoms with Crippen LogP contribution in [0.2, 0.25) is 5.15 Å². The Balaban J connectivity index is 2.09. The molecule has 0 spiro atoms. The number of para-hydroxylation sites is 1. The maximum Gasteiger partial charge on any atom is 0.132 e. The monoisotopic (exact) mass is 258 g/mol. The topological polar surface area (TPSA) is 39.9 Å². The standard InChI is InChI=1S/C14H13ClN3/c1-2-10-14(12-7-13(15)17-8-16-12)9-5-3-4-6-11(9)18-10/h3-8,10,14H,2H2,1H3. The Morgan fingerprint density at radius 3 is 2.83 bits per heavy atom. The number of hydrogen-bond acceptors (Lipinski definition) is 2. The molecule has 2 aromatic rings. The van der Waals surface area contributed by atoms with Gasteiger partial charge in [0.2, 0.25) is 0 Å². The average Bonchev–Trinajstić information content (AvgIpc) is 2.77.